The maximum atomic E-state index is 5.37. The molecule has 0 aromatic heterocycles. The normalized spacial score (nSPS) is 17.9. The minimum Gasteiger partial charge on any atom is -0.379 e. The van der Waals surface area contributed by atoms with Crippen molar-refractivity contribution in [2.75, 3.05) is 45.8 Å². The zero-order valence-corrected chi connectivity index (χ0v) is 10.3. The van der Waals surface area contributed by atoms with E-state index in [1.165, 1.54) is 11.3 Å². The maximum absolute atomic E-state index is 5.37. The zero-order chi connectivity index (χ0) is 11.6. The fourth-order valence-corrected chi connectivity index (χ4v) is 2.17. The minimum atomic E-state index is 0.194. The van der Waals surface area contributed by atoms with E-state index in [0.29, 0.717) is 0 Å². The molecule has 0 bridgehead atoms. The van der Waals surface area contributed by atoms with Crippen LogP contribution in [0.2, 0.25) is 0 Å². The molecule has 0 atom stereocenters. The lowest BCUT2D eigenvalue weighted by atomic mass is 9.78. The van der Waals surface area contributed by atoms with Crippen LogP contribution in [0.4, 0.5) is 5.69 Å². The molecule has 1 aliphatic heterocycles. The largest absolute Gasteiger partial charge is 0.379 e. The lowest BCUT2D eigenvalue weighted by Gasteiger charge is -2.42. The number of anilines is 1. The van der Waals surface area contributed by atoms with Crippen LogP contribution in [0.15, 0.2) is 24.3 Å². The van der Waals surface area contributed by atoms with Crippen molar-refractivity contribution in [2.24, 2.45) is 0 Å². The van der Waals surface area contributed by atoms with Gasteiger partial charge < -0.3 is 15.0 Å². The van der Waals surface area contributed by atoms with Gasteiger partial charge in [0.2, 0.25) is 0 Å². The molecule has 3 nitrogen and oxygen atoms in total. The Morgan fingerprint density at radius 3 is 2.25 bits per heavy atom. The van der Waals surface area contributed by atoms with Crippen molar-refractivity contribution in [1.82, 2.24) is 5.32 Å². The van der Waals surface area contributed by atoms with Crippen LogP contribution in [-0.2, 0) is 10.2 Å². The van der Waals surface area contributed by atoms with Crippen LogP contribution in [0.1, 0.15) is 5.56 Å². The van der Waals surface area contributed by atoms with Crippen LogP contribution in [0.25, 0.3) is 0 Å². The molecule has 1 saturated heterocycles. The highest BCUT2D eigenvalue weighted by Gasteiger charge is 2.39. The summed E-state index contributed by atoms with van der Waals surface area (Å²) in [5, 5.41) is 3.26. The van der Waals surface area contributed by atoms with Crippen molar-refractivity contribution in [3.63, 3.8) is 0 Å². The minimum absolute atomic E-state index is 0.194. The van der Waals surface area contributed by atoms with Crippen molar-refractivity contribution in [3.05, 3.63) is 29.8 Å². The smallest absolute Gasteiger partial charge is 0.0598 e. The number of hydrogen-bond donors (Lipinski definition) is 1. The lowest BCUT2D eigenvalue weighted by molar-refractivity contribution is -0.0582. The second kappa shape index (κ2) is 4.44. The highest BCUT2D eigenvalue weighted by Crippen LogP contribution is 2.32. The summed E-state index contributed by atoms with van der Waals surface area (Å²) in [5.74, 6) is 0. The molecule has 0 spiro atoms. The number of likely N-dealkylation sites (N-methyl/N-ethyl adjacent to an activating group) is 1. The first-order valence-electron chi connectivity index (χ1n) is 5.68. The Balaban J connectivity index is 2.20. The molecular weight excluding hydrogens is 200 g/mol. The van der Waals surface area contributed by atoms with Crippen LogP contribution in [0.3, 0.4) is 0 Å². The summed E-state index contributed by atoms with van der Waals surface area (Å²) in [5.41, 5.74) is 2.81. The molecule has 1 fully saturated rings. The second-order valence-electron chi connectivity index (χ2n) is 4.74. The summed E-state index contributed by atoms with van der Waals surface area (Å²) in [6.45, 7) is 2.64. The van der Waals surface area contributed by atoms with Crippen molar-refractivity contribution < 1.29 is 4.74 Å². The van der Waals surface area contributed by atoms with Gasteiger partial charge >= 0.3 is 0 Å². The summed E-state index contributed by atoms with van der Waals surface area (Å²) in [6, 6.07) is 8.78. The van der Waals surface area contributed by atoms with Gasteiger partial charge in [0.05, 0.1) is 18.6 Å². The molecule has 0 aliphatic carbocycles. The van der Waals surface area contributed by atoms with Gasteiger partial charge in [0.1, 0.15) is 0 Å². The van der Waals surface area contributed by atoms with E-state index in [4.69, 9.17) is 4.74 Å². The van der Waals surface area contributed by atoms with Gasteiger partial charge in [0.15, 0.2) is 0 Å². The molecule has 3 heteroatoms. The van der Waals surface area contributed by atoms with E-state index < -0.39 is 0 Å². The first kappa shape index (κ1) is 11.4. The highest BCUT2D eigenvalue weighted by atomic mass is 16.5. The predicted molar refractivity (Wildman–Crippen MR) is 67.2 cm³/mol. The number of nitrogens with one attached hydrogen (secondary N) is 1. The van der Waals surface area contributed by atoms with Gasteiger partial charge in [0.25, 0.3) is 0 Å². The summed E-state index contributed by atoms with van der Waals surface area (Å²) in [6.07, 6.45) is 0. The van der Waals surface area contributed by atoms with Crippen molar-refractivity contribution >= 4 is 5.69 Å². The van der Waals surface area contributed by atoms with Gasteiger partial charge in [-0.15, -0.1) is 0 Å². The summed E-state index contributed by atoms with van der Waals surface area (Å²) in [7, 11) is 6.12. The van der Waals surface area contributed by atoms with Gasteiger partial charge in [-0.1, -0.05) is 12.1 Å². The van der Waals surface area contributed by atoms with Gasteiger partial charge in [-0.3, -0.25) is 0 Å². The molecule has 1 aromatic carbocycles. The van der Waals surface area contributed by atoms with Gasteiger partial charge in [0, 0.05) is 26.3 Å². The summed E-state index contributed by atoms with van der Waals surface area (Å²) in [4.78, 5) is 2.12. The van der Waals surface area contributed by atoms with E-state index in [1.54, 1.807) is 0 Å². The van der Waals surface area contributed by atoms with E-state index in [2.05, 4.69) is 48.6 Å². The van der Waals surface area contributed by atoms with Crippen LogP contribution < -0.4 is 10.2 Å². The molecule has 88 valence electrons. The fraction of sp³-hybridized carbons (Fsp3) is 0.538. The molecule has 0 unspecified atom stereocenters. The molecule has 16 heavy (non-hydrogen) atoms. The van der Waals surface area contributed by atoms with Gasteiger partial charge in [-0.2, -0.15) is 0 Å². The van der Waals surface area contributed by atoms with Crippen LogP contribution in [0, 0.1) is 0 Å². The molecule has 2 rings (SSSR count). The number of nitrogens with zero attached hydrogens (tertiary/aromatic N) is 1. The SMILES string of the molecule is CNCC1(c2ccc(N(C)C)cc2)COC1. The molecular formula is C13H20N2O. The fourth-order valence-electron chi connectivity index (χ4n) is 2.17. The van der Waals surface area contributed by atoms with Crippen molar-refractivity contribution in [3.8, 4) is 0 Å². The summed E-state index contributed by atoms with van der Waals surface area (Å²) >= 11 is 0. The molecule has 0 saturated carbocycles. The average molecular weight is 220 g/mol. The van der Waals surface area contributed by atoms with Gasteiger partial charge in [-0.25, -0.2) is 0 Å². The number of rotatable bonds is 4. The van der Waals surface area contributed by atoms with E-state index in [9.17, 15) is 0 Å². The van der Waals surface area contributed by atoms with E-state index in [-0.39, 0.29) is 5.41 Å². The second-order valence-corrected chi connectivity index (χ2v) is 4.74. The Hall–Kier alpha value is -1.06. The highest BCUT2D eigenvalue weighted by molar-refractivity contribution is 5.47. The van der Waals surface area contributed by atoms with E-state index in [1.807, 2.05) is 7.05 Å². The molecule has 0 amide bonds. The zero-order valence-electron chi connectivity index (χ0n) is 10.3. The first-order valence-corrected chi connectivity index (χ1v) is 5.68. The maximum Gasteiger partial charge on any atom is 0.0598 e. The molecule has 1 aromatic rings. The topological polar surface area (TPSA) is 24.5 Å². The Morgan fingerprint density at radius 2 is 1.88 bits per heavy atom. The van der Waals surface area contributed by atoms with Crippen molar-refractivity contribution in [1.29, 1.82) is 0 Å². The lowest BCUT2D eigenvalue weighted by Crippen LogP contribution is -2.52. The third-order valence-electron chi connectivity index (χ3n) is 3.27. The molecule has 1 heterocycles. The van der Waals surface area contributed by atoms with E-state index in [0.717, 1.165) is 19.8 Å². The van der Waals surface area contributed by atoms with Crippen LogP contribution in [-0.4, -0.2) is 40.9 Å². The number of benzene rings is 1. The predicted octanol–water partition coefficient (Wildman–Crippen LogP) is 1.24. The standard InChI is InChI=1S/C13H20N2O/c1-14-8-13(9-16-10-13)11-4-6-12(7-5-11)15(2)3/h4-7,14H,8-10H2,1-3H3. The Bertz CT molecular complexity index is 341. The number of ether oxygens (including phenoxy) is 1. The first-order chi connectivity index (χ1) is 7.68. The Morgan fingerprint density at radius 1 is 1.25 bits per heavy atom. The third-order valence-corrected chi connectivity index (χ3v) is 3.27. The number of hydrogen-bond acceptors (Lipinski definition) is 3. The third kappa shape index (κ3) is 1.93. The Labute approximate surface area is 97.4 Å². The van der Waals surface area contributed by atoms with Gasteiger partial charge in [-0.05, 0) is 24.7 Å². The van der Waals surface area contributed by atoms with Crippen molar-refractivity contribution in [2.45, 2.75) is 5.41 Å². The average Bonchev–Trinajstić information content (AvgIpc) is 2.23. The monoisotopic (exact) mass is 220 g/mol. The van der Waals surface area contributed by atoms with E-state index >= 15 is 0 Å². The quantitative estimate of drug-likeness (QED) is 0.826. The molecule has 1 N–H and O–H groups in total. The molecule has 1 aliphatic rings. The van der Waals surface area contributed by atoms with Crippen LogP contribution in [0.5, 0.6) is 0 Å². The summed E-state index contributed by atoms with van der Waals surface area (Å²) < 4.78 is 5.37. The van der Waals surface area contributed by atoms with Crippen LogP contribution >= 0.6 is 0 Å². The Kier molecular flexibility index (Phi) is 3.17. The molecule has 0 radical (unpaired) electrons.